The molecule has 2 rings (SSSR count). The molecule has 4 heteroatoms. The first-order valence-electron chi connectivity index (χ1n) is 6.31. The SMILES string of the molecule is Cc1cnc(C(C)NCC(C#N)c2ccccc2)s1. The minimum Gasteiger partial charge on any atom is -0.307 e. The maximum atomic E-state index is 9.26. The Kier molecular flexibility index (Phi) is 4.67. The van der Waals surface area contributed by atoms with Crippen LogP contribution in [0.2, 0.25) is 0 Å². The Morgan fingerprint density at radius 3 is 2.68 bits per heavy atom. The fourth-order valence-corrected chi connectivity index (χ4v) is 2.68. The number of aromatic nitrogens is 1. The summed E-state index contributed by atoms with van der Waals surface area (Å²) in [5.41, 5.74) is 1.06. The van der Waals surface area contributed by atoms with Gasteiger partial charge in [0.25, 0.3) is 0 Å². The van der Waals surface area contributed by atoms with Gasteiger partial charge in [0.05, 0.1) is 18.0 Å². The van der Waals surface area contributed by atoms with E-state index >= 15 is 0 Å². The maximum absolute atomic E-state index is 9.26. The van der Waals surface area contributed by atoms with Crippen LogP contribution in [-0.4, -0.2) is 11.5 Å². The Morgan fingerprint density at radius 2 is 2.11 bits per heavy atom. The van der Waals surface area contributed by atoms with Gasteiger partial charge >= 0.3 is 0 Å². The van der Waals surface area contributed by atoms with E-state index in [4.69, 9.17) is 0 Å². The van der Waals surface area contributed by atoms with Gasteiger partial charge in [0, 0.05) is 17.6 Å². The van der Waals surface area contributed by atoms with Crippen LogP contribution in [0.15, 0.2) is 36.5 Å². The number of nitrogens with one attached hydrogen (secondary N) is 1. The van der Waals surface area contributed by atoms with Crippen molar-refractivity contribution >= 4 is 11.3 Å². The molecule has 3 nitrogen and oxygen atoms in total. The van der Waals surface area contributed by atoms with Crippen LogP contribution in [0, 0.1) is 18.3 Å². The molecule has 19 heavy (non-hydrogen) atoms. The molecular formula is C15H17N3S. The van der Waals surface area contributed by atoms with E-state index in [1.807, 2.05) is 36.5 Å². The third-order valence-electron chi connectivity index (χ3n) is 3.00. The van der Waals surface area contributed by atoms with Crippen LogP contribution in [0.5, 0.6) is 0 Å². The molecule has 0 fully saturated rings. The number of thiazole rings is 1. The summed E-state index contributed by atoms with van der Waals surface area (Å²) in [5, 5.41) is 13.7. The molecular weight excluding hydrogens is 254 g/mol. The van der Waals surface area contributed by atoms with Gasteiger partial charge in [-0.25, -0.2) is 4.98 Å². The Balaban J connectivity index is 1.96. The zero-order valence-corrected chi connectivity index (χ0v) is 11.9. The molecule has 2 unspecified atom stereocenters. The highest BCUT2D eigenvalue weighted by atomic mass is 32.1. The molecule has 0 saturated carbocycles. The lowest BCUT2D eigenvalue weighted by Gasteiger charge is -2.14. The molecule has 1 N–H and O–H groups in total. The molecule has 1 heterocycles. The molecule has 0 saturated heterocycles. The summed E-state index contributed by atoms with van der Waals surface area (Å²) >= 11 is 1.69. The van der Waals surface area contributed by atoms with E-state index in [1.54, 1.807) is 11.3 Å². The Morgan fingerprint density at radius 1 is 1.37 bits per heavy atom. The highest BCUT2D eigenvalue weighted by Gasteiger charge is 2.14. The molecule has 0 aliphatic rings. The molecule has 2 aromatic rings. The monoisotopic (exact) mass is 271 g/mol. The van der Waals surface area contributed by atoms with Gasteiger partial charge in [-0.1, -0.05) is 30.3 Å². The van der Waals surface area contributed by atoms with E-state index in [-0.39, 0.29) is 12.0 Å². The predicted molar refractivity (Wildman–Crippen MR) is 78.1 cm³/mol. The number of rotatable bonds is 5. The summed E-state index contributed by atoms with van der Waals surface area (Å²) in [5.74, 6) is -0.121. The van der Waals surface area contributed by atoms with Gasteiger partial charge in [-0.3, -0.25) is 0 Å². The van der Waals surface area contributed by atoms with Crippen LogP contribution in [0.4, 0.5) is 0 Å². The van der Waals surface area contributed by atoms with Gasteiger partial charge in [0.15, 0.2) is 0 Å². The van der Waals surface area contributed by atoms with Crippen molar-refractivity contribution < 1.29 is 0 Å². The van der Waals surface area contributed by atoms with Crippen molar-refractivity contribution in [3.8, 4) is 6.07 Å². The van der Waals surface area contributed by atoms with Crippen LogP contribution >= 0.6 is 11.3 Å². The van der Waals surface area contributed by atoms with E-state index in [9.17, 15) is 5.26 Å². The topological polar surface area (TPSA) is 48.7 Å². The van der Waals surface area contributed by atoms with E-state index in [0.29, 0.717) is 6.54 Å². The number of nitriles is 1. The molecule has 1 aromatic carbocycles. The summed E-state index contributed by atoms with van der Waals surface area (Å²) in [4.78, 5) is 5.58. The Labute approximate surface area is 117 Å². The molecule has 98 valence electrons. The smallest absolute Gasteiger partial charge is 0.109 e. The van der Waals surface area contributed by atoms with Crippen molar-refractivity contribution in [1.29, 1.82) is 5.26 Å². The predicted octanol–water partition coefficient (Wildman–Crippen LogP) is 3.41. The average molecular weight is 271 g/mol. The highest BCUT2D eigenvalue weighted by molar-refractivity contribution is 7.11. The summed E-state index contributed by atoms with van der Waals surface area (Å²) in [6, 6.07) is 12.4. The number of hydrogen-bond donors (Lipinski definition) is 1. The quantitative estimate of drug-likeness (QED) is 0.906. The van der Waals surface area contributed by atoms with Crippen molar-refractivity contribution in [1.82, 2.24) is 10.3 Å². The fraction of sp³-hybridized carbons (Fsp3) is 0.333. The molecule has 0 aliphatic heterocycles. The molecule has 0 bridgehead atoms. The van der Waals surface area contributed by atoms with Gasteiger partial charge in [-0.15, -0.1) is 11.3 Å². The number of benzene rings is 1. The average Bonchev–Trinajstić information content (AvgIpc) is 2.87. The lowest BCUT2D eigenvalue weighted by molar-refractivity contribution is 0.555. The lowest BCUT2D eigenvalue weighted by Crippen LogP contribution is -2.24. The summed E-state index contributed by atoms with van der Waals surface area (Å²) in [6.45, 7) is 4.77. The van der Waals surface area contributed by atoms with Crippen LogP contribution in [-0.2, 0) is 0 Å². The number of aryl methyl sites for hydroxylation is 1. The summed E-state index contributed by atoms with van der Waals surface area (Å²) < 4.78 is 0. The van der Waals surface area contributed by atoms with Crippen molar-refractivity contribution in [2.75, 3.05) is 6.54 Å². The second-order valence-electron chi connectivity index (χ2n) is 4.53. The molecule has 0 amide bonds. The third kappa shape index (κ3) is 3.63. The Bertz CT molecular complexity index is 556. The van der Waals surface area contributed by atoms with Crippen molar-refractivity contribution in [2.45, 2.75) is 25.8 Å². The standard InChI is InChI=1S/C15H17N3S/c1-11-9-18-15(19-11)12(2)17-10-14(8-16)13-6-4-3-5-7-13/h3-7,9,12,14,17H,10H2,1-2H3. The highest BCUT2D eigenvalue weighted by Crippen LogP contribution is 2.20. The zero-order chi connectivity index (χ0) is 13.7. The third-order valence-corrected chi connectivity index (χ3v) is 4.09. The van der Waals surface area contributed by atoms with Gasteiger partial charge in [-0.2, -0.15) is 5.26 Å². The van der Waals surface area contributed by atoms with E-state index in [2.05, 4.69) is 30.2 Å². The number of nitrogens with zero attached hydrogens (tertiary/aromatic N) is 2. The maximum Gasteiger partial charge on any atom is 0.109 e. The first-order chi connectivity index (χ1) is 9.20. The van der Waals surface area contributed by atoms with Crippen molar-refractivity contribution in [3.63, 3.8) is 0 Å². The lowest BCUT2D eigenvalue weighted by atomic mass is 10.0. The van der Waals surface area contributed by atoms with Gasteiger partial charge in [-0.05, 0) is 19.4 Å². The van der Waals surface area contributed by atoms with Gasteiger partial charge in [0.1, 0.15) is 5.01 Å². The van der Waals surface area contributed by atoms with E-state index < -0.39 is 0 Å². The largest absolute Gasteiger partial charge is 0.307 e. The van der Waals surface area contributed by atoms with Crippen molar-refractivity contribution in [2.24, 2.45) is 0 Å². The van der Waals surface area contributed by atoms with E-state index in [0.717, 1.165) is 10.6 Å². The molecule has 2 atom stereocenters. The molecule has 0 spiro atoms. The second-order valence-corrected chi connectivity index (χ2v) is 5.80. The minimum absolute atomic E-state index is 0.121. The van der Waals surface area contributed by atoms with Crippen LogP contribution in [0.1, 0.15) is 34.3 Å². The second kappa shape index (κ2) is 6.46. The first kappa shape index (κ1) is 13.7. The van der Waals surface area contributed by atoms with Crippen LogP contribution in [0.3, 0.4) is 0 Å². The fourth-order valence-electron chi connectivity index (χ4n) is 1.88. The van der Waals surface area contributed by atoms with Gasteiger partial charge in [0.2, 0.25) is 0 Å². The minimum atomic E-state index is -0.121. The zero-order valence-electron chi connectivity index (χ0n) is 11.1. The number of hydrogen-bond acceptors (Lipinski definition) is 4. The van der Waals surface area contributed by atoms with Gasteiger partial charge < -0.3 is 5.32 Å². The van der Waals surface area contributed by atoms with Crippen molar-refractivity contribution in [3.05, 3.63) is 52.0 Å². The van der Waals surface area contributed by atoms with Crippen LogP contribution < -0.4 is 5.32 Å². The summed E-state index contributed by atoms with van der Waals surface area (Å²) in [6.07, 6.45) is 1.89. The van der Waals surface area contributed by atoms with E-state index in [1.165, 1.54) is 4.88 Å². The molecule has 1 aromatic heterocycles. The molecule has 0 aliphatic carbocycles. The van der Waals surface area contributed by atoms with Crippen LogP contribution in [0.25, 0.3) is 0 Å². The first-order valence-corrected chi connectivity index (χ1v) is 7.12. The molecule has 0 radical (unpaired) electrons. The normalized spacial score (nSPS) is 13.7. The Hall–Kier alpha value is -1.70. The summed E-state index contributed by atoms with van der Waals surface area (Å²) in [7, 11) is 0.